The maximum atomic E-state index is 12.9. The number of carbonyl (C=O) groups excluding carboxylic acids is 1. The largest absolute Gasteiger partial charge is 0.451 e. The molecule has 0 radical (unpaired) electrons. The molecule has 134 valence electrons. The summed E-state index contributed by atoms with van der Waals surface area (Å²) in [5.41, 5.74) is 0.705. The average Bonchev–Trinajstić information content (AvgIpc) is 3.06. The van der Waals surface area contributed by atoms with Gasteiger partial charge in [-0.2, -0.15) is 13.2 Å². The fraction of sp³-hybridized carbons (Fsp3) is 0.105. The minimum Gasteiger partial charge on any atom is -0.451 e. The molecule has 1 amide bonds. The number of hydrogen-bond acceptors (Lipinski definition) is 2. The Morgan fingerprint density at radius 1 is 1.08 bits per heavy atom. The van der Waals surface area contributed by atoms with Crippen LogP contribution >= 0.6 is 11.6 Å². The molecule has 0 spiro atoms. The number of amides is 1. The van der Waals surface area contributed by atoms with Gasteiger partial charge in [0.25, 0.3) is 5.91 Å². The lowest BCUT2D eigenvalue weighted by atomic mass is 10.1. The summed E-state index contributed by atoms with van der Waals surface area (Å²) in [7, 11) is 0. The smallest absolute Gasteiger partial charge is 0.416 e. The molecule has 3 nitrogen and oxygen atoms in total. The monoisotopic (exact) mass is 379 g/mol. The van der Waals surface area contributed by atoms with Crippen molar-refractivity contribution in [2.75, 3.05) is 5.32 Å². The molecule has 0 saturated carbocycles. The van der Waals surface area contributed by atoms with Gasteiger partial charge in [-0.3, -0.25) is 4.79 Å². The van der Waals surface area contributed by atoms with Crippen LogP contribution in [0, 0.1) is 6.92 Å². The standard InChI is InChI=1S/C19H13ClF3NO2/c1-11-4-2-3-5-15(11)24-18(25)17-9-8-16(26-17)13-10-12(19(21,22)23)6-7-14(13)20/h2-10H,1H3,(H,24,25). The maximum absolute atomic E-state index is 12.9. The molecule has 3 rings (SSSR count). The molecule has 0 aliphatic heterocycles. The van der Waals surface area contributed by atoms with Gasteiger partial charge in [-0.05, 0) is 48.9 Å². The zero-order valence-electron chi connectivity index (χ0n) is 13.5. The van der Waals surface area contributed by atoms with Gasteiger partial charge in [0.05, 0.1) is 10.6 Å². The molecule has 0 atom stereocenters. The number of furan rings is 1. The summed E-state index contributed by atoms with van der Waals surface area (Å²) >= 11 is 5.99. The minimum absolute atomic E-state index is 0.0308. The van der Waals surface area contributed by atoms with Crippen LogP contribution in [-0.4, -0.2) is 5.91 Å². The summed E-state index contributed by atoms with van der Waals surface area (Å²) < 4.78 is 44.1. The normalized spacial score (nSPS) is 11.4. The Labute approximate surface area is 152 Å². The highest BCUT2D eigenvalue weighted by atomic mass is 35.5. The first kappa shape index (κ1) is 18.1. The van der Waals surface area contributed by atoms with E-state index in [1.807, 2.05) is 19.1 Å². The number of nitrogens with one attached hydrogen (secondary N) is 1. The summed E-state index contributed by atoms with van der Waals surface area (Å²) in [6.07, 6.45) is -4.50. The number of benzene rings is 2. The van der Waals surface area contributed by atoms with E-state index in [-0.39, 0.29) is 22.1 Å². The molecule has 0 fully saturated rings. The molecule has 1 heterocycles. The van der Waals surface area contributed by atoms with Gasteiger partial charge in [-0.15, -0.1) is 0 Å². The lowest BCUT2D eigenvalue weighted by molar-refractivity contribution is -0.137. The molecule has 0 aliphatic rings. The van der Waals surface area contributed by atoms with E-state index in [0.717, 1.165) is 23.8 Å². The van der Waals surface area contributed by atoms with E-state index in [1.165, 1.54) is 12.1 Å². The predicted molar refractivity (Wildman–Crippen MR) is 93.3 cm³/mol. The number of anilines is 1. The second-order valence-corrected chi connectivity index (χ2v) is 6.03. The van der Waals surface area contributed by atoms with E-state index in [0.29, 0.717) is 5.69 Å². The number of carbonyl (C=O) groups is 1. The van der Waals surface area contributed by atoms with Crippen molar-refractivity contribution in [2.45, 2.75) is 13.1 Å². The first-order chi connectivity index (χ1) is 12.3. The second kappa shape index (κ2) is 6.88. The zero-order valence-corrected chi connectivity index (χ0v) is 14.3. The summed E-state index contributed by atoms with van der Waals surface area (Å²) in [6, 6.07) is 12.9. The molecular weight excluding hydrogens is 367 g/mol. The number of aryl methyl sites for hydroxylation is 1. The molecule has 1 aromatic heterocycles. The van der Waals surface area contributed by atoms with Crippen LogP contribution < -0.4 is 5.32 Å². The maximum Gasteiger partial charge on any atom is 0.416 e. The summed E-state index contributed by atoms with van der Waals surface area (Å²) in [5.74, 6) is -0.457. The Morgan fingerprint density at radius 2 is 1.81 bits per heavy atom. The third kappa shape index (κ3) is 3.75. The highest BCUT2D eigenvalue weighted by molar-refractivity contribution is 6.33. The van der Waals surface area contributed by atoms with Gasteiger partial charge in [-0.25, -0.2) is 0 Å². The molecule has 0 aliphatic carbocycles. The van der Waals surface area contributed by atoms with Crippen molar-refractivity contribution in [2.24, 2.45) is 0 Å². The summed E-state index contributed by atoms with van der Waals surface area (Å²) in [6.45, 7) is 1.84. The van der Waals surface area contributed by atoms with Gasteiger partial charge in [-0.1, -0.05) is 29.8 Å². The van der Waals surface area contributed by atoms with Gasteiger partial charge in [0.1, 0.15) is 5.76 Å². The van der Waals surface area contributed by atoms with Gasteiger partial charge < -0.3 is 9.73 Å². The number of halogens is 4. The van der Waals surface area contributed by atoms with Crippen LogP contribution in [-0.2, 0) is 6.18 Å². The summed E-state index contributed by atoms with van der Waals surface area (Å²) in [5, 5.41) is 2.79. The van der Waals surface area contributed by atoms with Crippen LogP contribution in [0.2, 0.25) is 5.02 Å². The molecule has 2 aromatic carbocycles. The molecule has 26 heavy (non-hydrogen) atoms. The van der Waals surface area contributed by atoms with E-state index in [2.05, 4.69) is 5.32 Å². The van der Waals surface area contributed by atoms with Crippen LogP contribution in [0.15, 0.2) is 59.0 Å². The van der Waals surface area contributed by atoms with Crippen LogP contribution in [0.5, 0.6) is 0 Å². The molecular formula is C19H13ClF3NO2. The second-order valence-electron chi connectivity index (χ2n) is 5.63. The van der Waals surface area contributed by atoms with Crippen LogP contribution in [0.1, 0.15) is 21.7 Å². The third-order valence-electron chi connectivity index (χ3n) is 3.78. The molecule has 0 saturated heterocycles. The van der Waals surface area contributed by atoms with Crippen molar-refractivity contribution in [3.05, 3.63) is 76.5 Å². The Balaban J connectivity index is 1.88. The van der Waals surface area contributed by atoms with Crippen LogP contribution in [0.3, 0.4) is 0 Å². The van der Waals surface area contributed by atoms with E-state index in [9.17, 15) is 18.0 Å². The lowest BCUT2D eigenvalue weighted by Gasteiger charge is -2.09. The van der Waals surface area contributed by atoms with Gasteiger partial charge >= 0.3 is 6.18 Å². The van der Waals surface area contributed by atoms with Gasteiger partial charge in [0.15, 0.2) is 5.76 Å². The average molecular weight is 380 g/mol. The Hall–Kier alpha value is -2.73. The fourth-order valence-electron chi connectivity index (χ4n) is 2.39. The number of rotatable bonds is 3. The van der Waals surface area contributed by atoms with Crippen molar-refractivity contribution in [3.63, 3.8) is 0 Å². The Bertz CT molecular complexity index is 963. The molecule has 0 unspecified atom stereocenters. The predicted octanol–water partition coefficient (Wildman–Crippen LogP) is 6.18. The molecule has 7 heteroatoms. The van der Waals surface area contributed by atoms with Gasteiger partial charge in [0, 0.05) is 11.3 Å². The first-order valence-electron chi connectivity index (χ1n) is 7.59. The van der Waals surface area contributed by atoms with E-state index in [1.54, 1.807) is 12.1 Å². The van der Waals surface area contributed by atoms with Crippen molar-refractivity contribution in [1.29, 1.82) is 0 Å². The van der Waals surface area contributed by atoms with E-state index >= 15 is 0 Å². The van der Waals surface area contributed by atoms with Crippen LogP contribution in [0.4, 0.5) is 18.9 Å². The Kier molecular flexibility index (Phi) is 4.78. The topological polar surface area (TPSA) is 42.2 Å². The quantitative estimate of drug-likeness (QED) is 0.590. The molecule has 1 N–H and O–H groups in total. The zero-order chi connectivity index (χ0) is 18.9. The third-order valence-corrected chi connectivity index (χ3v) is 4.11. The van der Waals surface area contributed by atoms with Gasteiger partial charge in [0.2, 0.25) is 0 Å². The molecule has 3 aromatic rings. The fourth-order valence-corrected chi connectivity index (χ4v) is 2.60. The van der Waals surface area contributed by atoms with Crippen molar-refractivity contribution < 1.29 is 22.4 Å². The number of hydrogen-bond donors (Lipinski definition) is 1. The highest BCUT2D eigenvalue weighted by Crippen LogP contribution is 2.36. The highest BCUT2D eigenvalue weighted by Gasteiger charge is 2.31. The SMILES string of the molecule is Cc1ccccc1NC(=O)c1ccc(-c2cc(C(F)(F)F)ccc2Cl)o1. The Morgan fingerprint density at radius 3 is 2.50 bits per heavy atom. The van der Waals surface area contributed by atoms with E-state index in [4.69, 9.17) is 16.0 Å². The first-order valence-corrected chi connectivity index (χ1v) is 7.97. The van der Waals surface area contributed by atoms with Crippen molar-refractivity contribution in [1.82, 2.24) is 0 Å². The number of para-hydroxylation sites is 1. The number of alkyl halides is 3. The van der Waals surface area contributed by atoms with Crippen molar-refractivity contribution >= 4 is 23.2 Å². The minimum atomic E-state index is -4.50. The lowest BCUT2D eigenvalue weighted by Crippen LogP contribution is -2.11. The van der Waals surface area contributed by atoms with Crippen LogP contribution in [0.25, 0.3) is 11.3 Å². The van der Waals surface area contributed by atoms with E-state index < -0.39 is 17.6 Å². The molecule has 0 bridgehead atoms. The summed E-state index contributed by atoms with van der Waals surface area (Å²) in [4.78, 5) is 12.3. The van der Waals surface area contributed by atoms with Crippen molar-refractivity contribution in [3.8, 4) is 11.3 Å².